The second-order valence-electron chi connectivity index (χ2n) is 7.62. The predicted molar refractivity (Wildman–Crippen MR) is 132 cm³/mol. The lowest BCUT2D eigenvalue weighted by atomic mass is 10.2. The van der Waals surface area contributed by atoms with E-state index in [1.807, 2.05) is 49.2 Å². The lowest BCUT2D eigenvalue weighted by Gasteiger charge is -2.19. The minimum absolute atomic E-state index is 0.0305. The number of anilines is 5. The summed E-state index contributed by atoms with van der Waals surface area (Å²) < 4.78 is 23.1. The molecular formula is C23H28N6O3S. The molecule has 0 aliphatic rings. The van der Waals surface area contributed by atoms with E-state index < -0.39 is 9.84 Å². The number of nitrogens with zero attached hydrogens (tertiary/aromatic N) is 3. The zero-order valence-electron chi connectivity index (χ0n) is 18.9. The summed E-state index contributed by atoms with van der Waals surface area (Å²) in [5, 5.41) is 8.69. The van der Waals surface area contributed by atoms with Crippen LogP contribution in [0.4, 0.5) is 33.6 Å². The highest BCUT2D eigenvalue weighted by Crippen LogP contribution is 2.25. The number of rotatable bonds is 9. The molecule has 174 valence electrons. The van der Waals surface area contributed by atoms with Crippen LogP contribution in [-0.4, -0.2) is 44.3 Å². The second kappa shape index (κ2) is 10.8. The summed E-state index contributed by atoms with van der Waals surface area (Å²) in [5.74, 6) is 1.03. The van der Waals surface area contributed by atoms with Crippen molar-refractivity contribution in [2.45, 2.75) is 19.1 Å². The molecule has 0 aliphatic heterocycles. The lowest BCUT2D eigenvalue weighted by Crippen LogP contribution is -2.29. The number of carbonyl (C=O) groups excluding carboxylic acids is 1. The van der Waals surface area contributed by atoms with Gasteiger partial charge in [0.25, 0.3) is 0 Å². The summed E-state index contributed by atoms with van der Waals surface area (Å²) in [6.07, 6.45) is 3.73. The summed E-state index contributed by atoms with van der Waals surface area (Å²) in [5.41, 5.74) is 2.97. The van der Waals surface area contributed by atoms with Gasteiger partial charge in [0.05, 0.1) is 5.75 Å². The van der Waals surface area contributed by atoms with Gasteiger partial charge < -0.3 is 20.9 Å². The zero-order chi connectivity index (χ0) is 23.8. The van der Waals surface area contributed by atoms with Crippen LogP contribution in [0.2, 0.25) is 0 Å². The fourth-order valence-corrected chi connectivity index (χ4v) is 3.87. The van der Waals surface area contributed by atoms with Crippen molar-refractivity contribution >= 4 is 44.7 Å². The molecule has 0 saturated carbocycles. The Balaban J connectivity index is 1.69. The highest BCUT2D eigenvalue weighted by molar-refractivity contribution is 7.89. The Morgan fingerprint density at radius 3 is 2.52 bits per heavy atom. The van der Waals surface area contributed by atoms with E-state index in [4.69, 9.17) is 0 Å². The Hall–Kier alpha value is -3.66. The first-order valence-electron chi connectivity index (χ1n) is 10.5. The van der Waals surface area contributed by atoms with Gasteiger partial charge in [-0.3, -0.25) is 0 Å². The molecule has 0 atom stereocenters. The van der Waals surface area contributed by atoms with Gasteiger partial charge in [-0.2, -0.15) is 4.98 Å². The van der Waals surface area contributed by atoms with Crippen LogP contribution in [0.5, 0.6) is 0 Å². The maximum atomic E-state index is 11.8. The third-order valence-electron chi connectivity index (χ3n) is 4.64. The molecule has 3 N–H and O–H groups in total. The van der Waals surface area contributed by atoms with Gasteiger partial charge in [0, 0.05) is 43.1 Å². The van der Waals surface area contributed by atoms with Gasteiger partial charge in [-0.25, -0.2) is 18.2 Å². The van der Waals surface area contributed by atoms with Crippen molar-refractivity contribution in [3.8, 4) is 0 Å². The molecule has 0 fully saturated rings. The van der Waals surface area contributed by atoms with Gasteiger partial charge in [-0.1, -0.05) is 19.1 Å². The van der Waals surface area contributed by atoms with E-state index in [0.717, 1.165) is 12.1 Å². The molecule has 2 aromatic carbocycles. The molecule has 0 unspecified atom stereocenters. The molecule has 0 spiro atoms. The van der Waals surface area contributed by atoms with Crippen LogP contribution in [0.1, 0.15) is 18.9 Å². The van der Waals surface area contributed by atoms with Gasteiger partial charge in [0.1, 0.15) is 5.82 Å². The number of aromatic nitrogens is 2. The lowest BCUT2D eigenvalue weighted by molar-refractivity contribution is 0.252. The standard InChI is InChI=1S/C23H28N6O3S/c1-4-13-25-23(30)27-18-8-10-20(11-9-18)29(2)21-12-14-24-22(28-21)26-19-7-5-6-17(15-19)16-33(3,31)32/h5-12,14-15H,4,13,16H2,1-3H3,(H,24,26,28)(H2,25,27,30). The first-order chi connectivity index (χ1) is 15.7. The van der Waals surface area contributed by atoms with Crippen LogP contribution < -0.4 is 20.9 Å². The van der Waals surface area contributed by atoms with E-state index in [-0.39, 0.29) is 11.8 Å². The largest absolute Gasteiger partial charge is 0.338 e. The summed E-state index contributed by atoms with van der Waals surface area (Å²) in [4.78, 5) is 22.5. The third-order valence-corrected chi connectivity index (χ3v) is 5.50. The van der Waals surface area contributed by atoms with Crippen LogP contribution in [0.25, 0.3) is 0 Å². The number of hydrogen-bond acceptors (Lipinski definition) is 7. The minimum Gasteiger partial charge on any atom is -0.338 e. The molecule has 0 aliphatic carbocycles. The van der Waals surface area contributed by atoms with Gasteiger partial charge in [0.2, 0.25) is 5.95 Å². The quantitative estimate of drug-likeness (QED) is 0.433. The average Bonchev–Trinajstić information content (AvgIpc) is 2.77. The third kappa shape index (κ3) is 7.46. The van der Waals surface area contributed by atoms with Crippen LogP contribution in [0.15, 0.2) is 60.8 Å². The highest BCUT2D eigenvalue weighted by atomic mass is 32.2. The fourth-order valence-electron chi connectivity index (χ4n) is 3.08. The van der Waals surface area contributed by atoms with Crippen molar-refractivity contribution in [1.29, 1.82) is 0 Å². The van der Waals surface area contributed by atoms with Crippen molar-refractivity contribution < 1.29 is 13.2 Å². The number of sulfone groups is 1. The highest BCUT2D eigenvalue weighted by Gasteiger charge is 2.10. The molecule has 0 bridgehead atoms. The van der Waals surface area contributed by atoms with E-state index in [1.54, 1.807) is 30.5 Å². The van der Waals surface area contributed by atoms with E-state index in [9.17, 15) is 13.2 Å². The first-order valence-corrected chi connectivity index (χ1v) is 12.5. The fraction of sp³-hybridized carbons (Fsp3) is 0.261. The number of nitrogens with one attached hydrogen (secondary N) is 3. The molecule has 0 saturated heterocycles. The van der Waals surface area contributed by atoms with E-state index >= 15 is 0 Å². The topological polar surface area (TPSA) is 116 Å². The molecule has 10 heteroatoms. The van der Waals surface area contributed by atoms with Gasteiger partial charge in [0.15, 0.2) is 9.84 Å². The van der Waals surface area contributed by atoms with Gasteiger partial charge in [-0.15, -0.1) is 0 Å². The Labute approximate surface area is 194 Å². The van der Waals surface area contributed by atoms with Gasteiger partial charge >= 0.3 is 6.03 Å². The molecule has 1 heterocycles. The Bertz CT molecular complexity index is 1200. The Kier molecular flexibility index (Phi) is 7.83. The van der Waals surface area contributed by atoms with E-state index in [1.165, 1.54) is 6.26 Å². The maximum absolute atomic E-state index is 11.8. The van der Waals surface area contributed by atoms with Crippen molar-refractivity contribution in [2.24, 2.45) is 0 Å². The van der Waals surface area contributed by atoms with Crippen molar-refractivity contribution in [3.05, 3.63) is 66.4 Å². The zero-order valence-corrected chi connectivity index (χ0v) is 19.7. The molecule has 3 rings (SSSR count). The summed E-state index contributed by atoms with van der Waals surface area (Å²) in [6, 6.07) is 16.1. The summed E-state index contributed by atoms with van der Waals surface area (Å²) in [6.45, 7) is 2.62. The molecule has 33 heavy (non-hydrogen) atoms. The van der Waals surface area contributed by atoms with Crippen LogP contribution in [0.3, 0.4) is 0 Å². The number of hydrogen-bond donors (Lipinski definition) is 3. The van der Waals surface area contributed by atoms with Crippen LogP contribution in [0, 0.1) is 0 Å². The average molecular weight is 469 g/mol. The summed E-state index contributed by atoms with van der Waals surface area (Å²) in [7, 11) is -1.24. The SMILES string of the molecule is CCCNC(=O)Nc1ccc(N(C)c2ccnc(Nc3cccc(CS(C)(=O)=O)c3)n2)cc1. The number of benzene rings is 2. The minimum atomic E-state index is -3.12. The van der Waals surface area contributed by atoms with Crippen LogP contribution in [-0.2, 0) is 15.6 Å². The molecule has 1 aromatic heterocycles. The number of amides is 2. The predicted octanol–water partition coefficient (Wildman–Crippen LogP) is 4.06. The molecular weight excluding hydrogens is 440 g/mol. The van der Waals surface area contributed by atoms with Crippen molar-refractivity contribution in [2.75, 3.05) is 35.4 Å². The van der Waals surface area contributed by atoms with Crippen LogP contribution >= 0.6 is 0 Å². The second-order valence-corrected chi connectivity index (χ2v) is 9.76. The first kappa shape index (κ1) is 24.0. The Morgan fingerprint density at radius 1 is 1.06 bits per heavy atom. The number of urea groups is 1. The normalized spacial score (nSPS) is 11.0. The summed E-state index contributed by atoms with van der Waals surface area (Å²) >= 11 is 0. The molecule has 0 radical (unpaired) electrons. The Morgan fingerprint density at radius 2 is 1.82 bits per heavy atom. The van der Waals surface area contributed by atoms with Crippen molar-refractivity contribution in [1.82, 2.24) is 15.3 Å². The molecule has 9 nitrogen and oxygen atoms in total. The number of carbonyl (C=O) groups is 1. The van der Waals surface area contributed by atoms with E-state index in [0.29, 0.717) is 35.2 Å². The molecule has 3 aromatic rings. The van der Waals surface area contributed by atoms with Crippen molar-refractivity contribution in [3.63, 3.8) is 0 Å². The molecule has 2 amide bonds. The van der Waals surface area contributed by atoms with Gasteiger partial charge in [-0.05, 0) is 54.4 Å². The smallest absolute Gasteiger partial charge is 0.319 e. The monoisotopic (exact) mass is 468 g/mol. The van der Waals surface area contributed by atoms with E-state index in [2.05, 4.69) is 25.9 Å². The maximum Gasteiger partial charge on any atom is 0.319 e.